The third kappa shape index (κ3) is 13.6. The molecule has 4 nitrogen and oxygen atoms in total. The summed E-state index contributed by atoms with van der Waals surface area (Å²) < 4.78 is 85.0. The van der Waals surface area contributed by atoms with E-state index in [1.165, 1.54) is 48.6 Å². The molecule has 0 aliphatic rings. The van der Waals surface area contributed by atoms with Crippen molar-refractivity contribution in [2.75, 3.05) is 0 Å². The quantitative estimate of drug-likeness (QED) is 0.0779. The Bertz CT molecular complexity index is 2640. The molecule has 9 rings (SSSR count). The number of para-hydroxylation sites is 2. The summed E-state index contributed by atoms with van der Waals surface area (Å²) in [7, 11) is -8.56. The van der Waals surface area contributed by atoms with Crippen LogP contribution in [0.4, 0.5) is 30.4 Å². The standard InChI is InChI=1S/C36H28OP2.C15H10F3N3.BF4.Cu/c1-5-17-29(18-6-1)38(30-19-7-2-8-20-30)35-27-15-13-25-33(35)37-34-26-14-16-28-36(34)39(31-21-9-3-10-22-31)32-23-11-4-12-24-32;16-15(17,18)11-4-6-12(7-5-11)21-10-8-14(20-21)13-3-1-2-9-19-13;2-1(3,4)5;/h1-28H;1-10H;;/q;;-1;+1/p+2. The number of ether oxygens (including phenoxy) is 1. The minimum Gasteiger partial charge on any atom is -0.449 e. The van der Waals surface area contributed by atoms with E-state index in [1.54, 1.807) is 24.5 Å². The molecule has 336 valence electrons. The fraction of sp³-hybridized carbons (Fsp3) is 0.0196. The van der Waals surface area contributed by atoms with Crippen LogP contribution in [0.5, 0.6) is 11.5 Å². The van der Waals surface area contributed by atoms with Gasteiger partial charge >= 0.3 is 30.5 Å². The van der Waals surface area contributed by atoms with Crippen LogP contribution < -0.4 is 36.6 Å². The monoisotopic (exact) mass is 979 g/mol. The number of hydrogen-bond donors (Lipinski definition) is 0. The number of hydrogen-bond acceptors (Lipinski definition) is 3. The zero-order chi connectivity index (χ0) is 45.7. The fourth-order valence-electron chi connectivity index (χ4n) is 6.94. The molecule has 15 heteroatoms. The van der Waals surface area contributed by atoms with Crippen molar-refractivity contribution in [2.45, 2.75) is 6.18 Å². The fourth-order valence-corrected chi connectivity index (χ4v) is 12.2. The van der Waals surface area contributed by atoms with Gasteiger partial charge in [-0.2, -0.15) is 18.3 Å². The van der Waals surface area contributed by atoms with Gasteiger partial charge in [-0.05, 0) is 115 Å². The number of alkyl halides is 3. The Labute approximate surface area is 391 Å². The number of halogens is 7. The van der Waals surface area contributed by atoms with E-state index in [-0.39, 0.29) is 17.1 Å². The van der Waals surface area contributed by atoms with Crippen molar-refractivity contribution >= 4 is 54.9 Å². The van der Waals surface area contributed by atoms with E-state index >= 15 is 0 Å². The Morgan fingerprint density at radius 1 is 0.439 bits per heavy atom. The second-order valence-electron chi connectivity index (χ2n) is 14.2. The second-order valence-corrected chi connectivity index (χ2v) is 19.1. The van der Waals surface area contributed by atoms with Gasteiger partial charge < -0.3 is 22.0 Å². The number of pyridine rings is 1. The zero-order valence-electron chi connectivity index (χ0n) is 34.7. The average molecular weight is 980 g/mol. The van der Waals surface area contributed by atoms with Gasteiger partial charge in [0.1, 0.15) is 53.4 Å². The van der Waals surface area contributed by atoms with Gasteiger partial charge in [0.05, 0.1) is 16.9 Å². The van der Waals surface area contributed by atoms with E-state index in [9.17, 15) is 30.4 Å². The van der Waals surface area contributed by atoms with Gasteiger partial charge in [0.2, 0.25) is 0 Å². The van der Waals surface area contributed by atoms with Crippen molar-refractivity contribution in [1.29, 1.82) is 0 Å². The second kappa shape index (κ2) is 23.2. The Morgan fingerprint density at radius 2 is 0.818 bits per heavy atom. The normalized spacial score (nSPS) is 11.1. The van der Waals surface area contributed by atoms with Gasteiger partial charge in [-0.15, -0.1) is 0 Å². The molecule has 0 fully saturated rings. The van der Waals surface area contributed by atoms with Crippen molar-refractivity contribution in [3.8, 4) is 28.6 Å². The predicted molar refractivity (Wildman–Crippen MR) is 255 cm³/mol. The summed E-state index contributed by atoms with van der Waals surface area (Å²) in [5, 5.41) is 12.2. The number of rotatable bonds is 10. The molecule has 0 atom stereocenters. The molecule has 0 radical (unpaired) electrons. The third-order valence-electron chi connectivity index (χ3n) is 9.76. The molecule has 0 unspecified atom stereocenters. The molecular weight excluding hydrogens is 940 g/mol. The summed E-state index contributed by atoms with van der Waals surface area (Å²) >= 11 is 0. The van der Waals surface area contributed by atoms with E-state index in [1.807, 2.05) is 12.1 Å². The van der Waals surface area contributed by atoms with Crippen LogP contribution in [-0.2, 0) is 23.2 Å². The number of nitrogens with zero attached hydrogens (tertiary/aromatic N) is 3. The van der Waals surface area contributed by atoms with Crippen molar-refractivity contribution in [3.05, 3.63) is 236 Å². The molecule has 0 amide bonds. The molecule has 0 aliphatic heterocycles. The molecule has 0 N–H and O–H groups in total. The van der Waals surface area contributed by atoms with Crippen LogP contribution in [0.2, 0.25) is 0 Å². The van der Waals surface area contributed by atoms with Gasteiger partial charge in [-0.1, -0.05) is 103 Å². The first-order valence-corrected chi connectivity index (χ1v) is 23.3. The summed E-state index contributed by atoms with van der Waals surface area (Å²) in [5.41, 5.74) is 1.26. The first-order valence-electron chi connectivity index (χ1n) is 20.3. The Kier molecular flexibility index (Phi) is 17.3. The molecule has 9 aromatic rings. The molecule has 66 heavy (non-hydrogen) atoms. The molecular formula is C51H40BCuF7N3OP2+2. The van der Waals surface area contributed by atoms with E-state index < -0.39 is 34.8 Å². The van der Waals surface area contributed by atoms with Crippen molar-refractivity contribution in [2.24, 2.45) is 0 Å². The molecule has 0 saturated heterocycles. The largest absolute Gasteiger partial charge is 1.00 e. The summed E-state index contributed by atoms with van der Waals surface area (Å²) in [6, 6.07) is 72.7. The summed E-state index contributed by atoms with van der Waals surface area (Å²) in [5.74, 6) is 1.85. The molecule has 0 aliphatic carbocycles. The van der Waals surface area contributed by atoms with Crippen LogP contribution in [0.3, 0.4) is 0 Å². The average Bonchev–Trinajstić information content (AvgIpc) is 3.83. The van der Waals surface area contributed by atoms with Crippen molar-refractivity contribution in [1.82, 2.24) is 14.8 Å². The van der Waals surface area contributed by atoms with Crippen molar-refractivity contribution < 1.29 is 52.2 Å². The Morgan fingerprint density at radius 3 is 1.20 bits per heavy atom. The van der Waals surface area contributed by atoms with Gasteiger partial charge in [0, 0.05) is 12.4 Å². The maximum Gasteiger partial charge on any atom is 1.00 e. The minimum absolute atomic E-state index is 0. The maximum absolute atomic E-state index is 12.5. The molecule has 0 saturated carbocycles. The van der Waals surface area contributed by atoms with E-state index in [4.69, 9.17) is 4.74 Å². The van der Waals surface area contributed by atoms with Crippen LogP contribution in [0.1, 0.15) is 5.56 Å². The zero-order valence-corrected chi connectivity index (χ0v) is 37.7. The van der Waals surface area contributed by atoms with Gasteiger partial charge in [-0.3, -0.25) is 4.98 Å². The molecule has 2 heterocycles. The van der Waals surface area contributed by atoms with Crippen LogP contribution >= 0.6 is 15.8 Å². The van der Waals surface area contributed by atoms with Gasteiger partial charge in [-0.25, -0.2) is 4.68 Å². The minimum atomic E-state index is -6.00. The van der Waals surface area contributed by atoms with E-state index in [0.717, 1.165) is 23.6 Å². The summed E-state index contributed by atoms with van der Waals surface area (Å²) in [4.78, 5) is 4.18. The number of aromatic nitrogens is 3. The first kappa shape index (κ1) is 49.1. The van der Waals surface area contributed by atoms with Crippen LogP contribution in [0.15, 0.2) is 231 Å². The van der Waals surface area contributed by atoms with Gasteiger partial charge in [0.25, 0.3) is 0 Å². The van der Waals surface area contributed by atoms with Crippen LogP contribution in [-0.4, -0.2) is 22.0 Å². The number of benzene rings is 7. The Balaban J connectivity index is 0.000000224. The van der Waals surface area contributed by atoms with Crippen LogP contribution in [0.25, 0.3) is 17.1 Å². The SMILES string of the molecule is FC(F)(F)c1ccc(-n2ccc(-c3ccccn3)n2)cc1.F[B-](F)(F)F.[Cu+].c1ccc([PH+](c2ccccc2)c2ccccc2Oc2ccccc2[PH+](c2ccccc2)c2ccccc2)cc1. The van der Waals surface area contributed by atoms with E-state index in [2.05, 4.69) is 180 Å². The molecule has 7 aromatic carbocycles. The summed E-state index contributed by atoms with van der Waals surface area (Å²) in [6.45, 7) is 0. The van der Waals surface area contributed by atoms with Crippen LogP contribution in [0, 0.1) is 0 Å². The Hall–Kier alpha value is -6.35. The smallest absolute Gasteiger partial charge is 0.449 e. The first-order chi connectivity index (χ1) is 31.4. The maximum atomic E-state index is 12.5. The van der Waals surface area contributed by atoms with Gasteiger partial charge in [0.15, 0.2) is 11.5 Å². The summed E-state index contributed by atoms with van der Waals surface area (Å²) in [6.07, 6.45) is -0.985. The third-order valence-corrected chi connectivity index (χ3v) is 15.3. The molecule has 2 aromatic heterocycles. The van der Waals surface area contributed by atoms with Crippen molar-refractivity contribution in [3.63, 3.8) is 0 Å². The van der Waals surface area contributed by atoms with E-state index in [0.29, 0.717) is 17.1 Å². The predicted octanol–water partition coefficient (Wildman–Crippen LogP) is 11.7. The molecule has 0 bridgehead atoms. The topological polar surface area (TPSA) is 39.9 Å². The molecule has 0 spiro atoms.